The molecule has 0 heterocycles. The van der Waals surface area contributed by atoms with Gasteiger partial charge in [0.25, 0.3) is 5.97 Å². The van der Waals surface area contributed by atoms with Crippen molar-refractivity contribution in [3.8, 4) is 0 Å². The molecule has 88 valence electrons. The summed E-state index contributed by atoms with van der Waals surface area (Å²) in [6, 6.07) is 1.11. The average molecular weight is 234 g/mol. The molecule has 15 heavy (non-hydrogen) atoms. The molecule has 1 N–H and O–H groups in total. The van der Waals surface area contributed by atoms with E-state index in [-0.39, 0.29) is 5.57 Å². The Morgan fingerprint density at radius 3 is 2.13 bits per heavy atom. The summed E-state index contributed by atoms with van der Waals surface area (Å²) < 4.78 is 15.3. The first-order chi connectivity index (χ1) is 7.01. The van der Waals surface area contributed by atoms with Crippen LogP contribution in [0.5, 0.6) is 0 Å². The minimum atomic E-state index is -1.02. The van der Waals surface area contributed by atoms with E-state index in [1.54, 1.807) is 0 Å². The Hall–Kier alpha value is -0.693. The van der Waals surface area contributed by atoms with E-state index in [2.05, 4.69) is 6.58 Å². The van der Waals surface area contributed by atoms with E-state index in [1.807, 2.05) is 0 Å². The molecular weight excluding hydrogens is 216 g/mol. The molecule has 0 rings (SSSR count). The van der Waals surface area contributed by atoms with Crippen LogP contribution in [0.1, 0.15) is 0 Å². The van der Waals surface area contributed by atoms with Gasteiger partial charge in [-0.2, -0.15) is 0 Å². The molecule has 0 spiro atoms. The Labute approximate surface area is 91.8 Å². The third-order valence-corrected chi connectivity index (χ3v) is 4.12. The number of rotatable bonds is 8. The summed E-state index contributed by atoms with van der Waals surface area (Å²) in [5, 5.41) is 8.61. The molecule has 0 saturated carbocycles. The Morgan fingerprint density at radius 1 is 1.33 bits per heavy atom. The van der Waals surface area contributed by atoms with Gasteiger partial charge in [-0.3, -0.25) is 0 Å². The fourth-order valence-corrected chi connectivity index (χ4v) is 3.04. The molecule has 0 aromatic carbocycles. The molecule has 0 aromatic heterocycles. The van der Waals surface area contributed by atoms with E-state index in [1.165, 1.54) is 21.3 Å². The molecule has 6 heteroatoms. The Morgan fingerprint density at radius 2 is 1.80 bits per heavy atom. The number of carbonyl (C=O) groups is 1. The topological polar surface area (TPSA) is 65.0 Å². The number of methoxy groups -OCH3 is 3. The van der Waals surface area contributed by atoms with Crippen LogP contribution in [0.2, 0.25) is 12.1 Å². The van der Waals surface area contributed by atoms with Crippen molar-refractivity contribution < 1.29 is 24.1 Å². The van der Waals surface area contributed by atoms with Crippen LogP contribution in [0.3, 0.4) is 0 Å². The van der Waals surface area contributed by atoms with Gasteiger partial charge < -0.3 is 19.3 Å². The van der Waals surface area contributed by atoms with Crippen LogP contribution < -0.4 is 0 Å². The fourth-order valence-electron chi connectivity index (χ4n) is 1.18. The second-order valence-electron chi connectivity index (χ2n) is 3.06. The lowest BCUT2D eigenvalue weighted by molar-refractivity contribution is -0.339. The van der Waals surface area contributed by atoms with Gasteiger partial charge in [-0.25, -0.2) is 4.79 Å². The Balaban J connectivity index is 4.02. The quantitative estimate of drug-likeness (QED) is 0.370. The third-order valence-electron chi connectivity index (χ3n) is 2.20. The lowest BCUT2D eigenvalue weighted by atomic mass is 10.4. The molecule has 0 atom stereocenters. The first-order valence-electron chi connectivity index (χ1n) is 4.58. The first kappa shape index (κ1) is 14.3. The molecule has 5 nitrogen and oxygen atoms in total. The lowest BCUT2D eigenvalue weighted by Crippen LogP contribution is -2.36. The number of hydrogen-bond acceptors (Lipinski definition) is 4. The molecule has 0 aliphatic rings. The zero-order chi connectivity index (χ0) is 11.9. The summed E-state index contributed by atoms with van der Waals surface area (Å²) in [6.07, 6.45) is 0. The largest absolute Gasteiger partial charge is 0.478 e. The summed E-state index contributed by atoms with van der Waals surface area (Å²) in [7, 11) is 3.81. The van der Waals surface area contributed by atoms with Crippen LogP contribution in [0.25, 0.3) is 0 Å². The predicted octanol–water partition coefficient (Wildman–Crippen LogP) is 0.226. The van der Waals surface area contributed by atoms with E-state index < -0.39 is 21.5 Å². The van der Waals surface area contributed by atoms with Gasteiger partial charge in [-0.15, -0.1) is 0 Å². The second-order valence-corrected chi connectivity index (χ2v) is 4.76. The number of hydrogen-bond donors (Lipinski definition) is 1. The van der Waals surface area contributed by atoms with Crippen LogP contribution in [-0.2, 0) is 19.0 Å². The van der Waals surface area contributed by atoms with Crippen LogP contribution in [0.4, 0.5) is 0 Å². The second kappa shape index (κ2) is 6.73. The van der Waals surface area contributed by atoms with Gasteiger partial charge in [0.05, 0.1) is 0 Å². The van der Waals surface area contributed by atoms with Crippen molar-refractivity contribution in [2.75, 3.05) is 21.3 Å². The van der Waals surface area contributed by atoms with Crippen molar-refractivity contribution >= 4 is 15.5 Å². The number of aliphatic carboxylic acids is 1. The maximum absolute atomic E-state index is 10.5. The zero-order valence-corrected chi connectivity index (χ0v) is 10.8. The van der Waals surface area contributed by atoms with Crippen molar-refractivity contribution in [2.45, 2.75) is 18.1 Å². The van der Waals surface area contributed by atoms with Gasteiger partial charge in [0, 0.05) is 42.5 Å². The monoisotopic (exact) mass is 234 g/mol. The highest BCUT2D eigenvalue weighted by atomic mass is 28.2. The molecule has 0 bridgehead atoms. The van der Waals surface area contributed by atoms with Gasteiger partial charge in [0.1, 0.15) is 0 Å². The highest BCUT2D eigenvalue weighted by molar-refractivity contribution is 6.37. The maximum Gasteiger partial charge on any atom is 0.330 e. The third kappa shape index (κ3) is 4.56. The Bertz CT molecular complexity index is 216. The summed E-state index contributed by atoms with van der Waals surface area (Å²) >= 11 is 0. The summed E-state index contributed by atoms with van der Waals surface area (Å²) in [6.45, 7) is 3.46. The van der Waals surface area contributed by atoms with Gasteiger partial charge in [0.15, 0.2) is 0 Å². The van der Waals surface area contributed by atoms with E-state index in [0.717, 1.165) is 0 Å². The molecule has 0 radical (unpaired) electrons. The summed E-state index contributed by atoms with van der Waals surface area (Å²) in [5.74, 6) is -1.97. The summed E-state index contributed by atoms with van der Waals surface area (Å²) in [5.41, 5.74) is 0.235. The Kier molecular flexibility index (Phi) is 6.42. The van der Waals surface area contributed by atoms with Crippen molar-refractivity contribution in [2.24, 2.45) is 0 Å². The highest BCUT2D eigenvalue weighted by Gasteiger charge is 2.28. The van der Waals surface area contributed by atoms with Gasteiger partial charge in [-0.05, 0) is 6.04 Å². The van der Waals surface area contributed by atoms with Crippen molar-refractivity contribution in [1.29, 1.82) is 0 Å². The summed E-state index contributed by atoms with van der Waals surface area (Å²) in [4.78, 5) is 10.5. The van der Waals surface area contributed by atoms with Crippen LogP contribution in [-0.4, -0.2) is 47.9 Å². The molecule has 0 amide bonds. The van der Waals surface area contributed by atoms with Crippen LogP contribution in [0, 0.1) is 0 Å². The van der Waals surface area contributed by atoms with Gasteiger partial charge >= 0.3 is 5.97 Å². The average Bonchev–Trinajstić information content (AvgIpc) is 2.24. The van der Waals surface area contributed by atoms with E-state index >= 15 is 0 Å². The van der Waals surface area contributed by atoms with Gasteiger partial charge in [0.2, 0.25) is 0 Å². The molecule has 0 unspecified atom stereocenters. The lowest BCUT2D eigenvalue weighted by Gasteiger charge is -2.28. The number of carboxylic acids is 1. The zero-order valence-electron chi connectivity index (χ0n) is 9.41. The maximum atomic E-state index is 10.5. The van der Waals surface area contributed by atoms with E-state index in [0.29, 0.717) is 12.1 Å². The normalized spacial score (nSPS) is 12.2. The highest BCUT2D eigenvalue weighted by Crippen LogP contribution is 2.18. The number of carboxylic acid groups (broad SMARTS) is 1. The minimum Gasteiger partial charge on any atom is -0.478 e. The fraction of sp³-hybridized carbons (Fsp3) is 0.667. The standard InChI is InChI=1S/C9H18O5Si/c1-7(8(10)11)5-15-6-9(12-2,13-3)14-4/h1,5-6,15H2,2-4H3,(H,10,11). The molecule has 0 aromatic rings. The van der Waals surface area contributed by atoms with Crippen LogP contribution in [0.15, 0.2) is 12.2 Å². The SMILES string of the molecule is C=C(C[SiH2]CC(OC)(OC)OC)C(=O)O. The first-order valence-corrected chi connectivity index (χ1v) is 6.58. The molecule has 0 aliphatic heterocycles. The van der Waals surface area contributed by atoms with Crippen molar-refractivity contribution in [3.63, 3.8) is 0 Å². The smallest absolute Gasteiger partial charge is 0.330 e. The van der Waals surface area contributed by atoms with Crippen molar-refractivity contribution in [1.82, 2.24) is 0 Å². The van der Waals surface area contributed by atoms with E-state index in [9.17, 15) is 4.79 Å². The number of ether oxygens (including phenoxy) is 3. The molecule has 0 fully saturated rings. The van der Waals surface area contributed by atoms with Crippen molar-refractivity contribution in [3.05, 3.63) is 12.2 Å². The van der Waals surface area contributed by atoms with Crippen LogP contribution >= 0.6 is 0 Å². The molecule has 0 saturated heterocycles. The van der Waals surface area contributed by atoms with Gasteiger partial charge in [-0.1, -0.05) is 6.58 Å². The molecule has 0 aliphatic carbocycles. The molecular formula is C9H18O5Si. The van der Waals surface area contributed by atoms with E-state index in [4.69, 9.17) is 19.3 Å². The predicted molar refractivity (Wildman–Crippen MR) is 58.7 cm³/mol. The minimum absolute atomic E-state index is 0.235.